The first-order valence-electron chi connectivity index (χ1n) is 4.87. The molecule has 0 aliphatic rings. The lowest BCUT2D eigenvalue weighted by Crippen LogP contribution is -2.20. The molecule has 0 radical (unpaired) electrons. The van der Waals surface area contributed by atoms with E-state index >= 15 is 0 Å². The van der Waals surface area contributed by atoms with E-state index in [4.69, 9.17) is 0 Å². The Kier molecular flexibility index (Phi) is 3.98. The van der Waals surface area contributed by atoms with Crippen LogP contribution in [0.5, 0.6) is 5.75 Å². The van der Waals surface area contributed by atoms with Crippen molar-refractivity contribution >= 4 is 5.97 Å². The van der Waals surface area contributed by atoms with Crippen LogP contribution < -0.4 is 4.74 Å². The highest BCUT2D eigenvalue weighted by Crippen LogP contribution is 2.28. The molecule has 0 atom stereocenters. The second kappa shape index (κ2) is 5.07. The maximum atomic E-state index is 12.1. The summed E-state index contributed by atoms with van der Waals surface area (Å²) in [6, 6.07) is 3.96. The minimum atomic E-state index is -4.84. The number of halogens is 3. The van der Waals surface area contributed by atoms with E-state index in [1.54, 1.807) is 6.92 Å². The summed E-state index contributed by atoms with van der Waals surface area (Å²) >= 11 is 0. The minimum Gasteiger partial charge on any atom is -0.462 e. The Hall–Kier alpha value is -1.72. The quantitative estimate of drug-likeness (QED) is 0.771. The van der Waals surface area contributed by atoms with Gasteiger partial charge in [0.2, 0.25) is 0 Å². The predicted octanol–water partition coefficient (Wildman–Crippen LogP) is 3.07. The average Bonchev–Trinajstić information content (AvgIpc) is 2.15. The maximum absolute atomic E-state index is 12.1. The van der Waals surface area contributed by atoms with Crippen LogP contribution in [-0.4, -0.2) is 18.9 Å². The fourth-order valence-electron chi connectivity index (χ4n) is 1.32. The summed E-state index contributed by atoms with van der Waals surface area (Å²) in [7, 11) is 0. The standard InChI is InChI=1S/C11H11F3O3/c1-3-16-10(15)9-7(2)5-4-6-8(9)17-11(12,13)14/h4-6H,3H2,1-2H3. The highest BCUT2D eigenvalue weighted by molar-refractivity contribution is 5.94. The van der Waals surface area contributed by atoms with E-state index in [0.29, 0.717) is 5.56 Å². The second-order valence-corrected chi connectivity index (χ2v) is 3.22. The van der Waals surface area contributed by atoms with Crippen LogP contribution >= 0.6 is 0 Å². The Balaban J connectivity index is 3.13. The molecule has 1 rings (SSSR count). The van der Waals surface area contributed by atoms with Crippen LogP contribution in [0.2, 0.25) is 0 Å². The predicted molar refractivity (Wildman–Crippen MR) is 53.8 cm³/mol. The fraction of sp³-hybridized carbons (Fsp3) is 0.364. The largest absolute Gasteiger partial charge is 0.573 e. The van der Waals surface area contributed by atoms with Gasteiger partial charge in [0, 0.05) is 0 Å². The molecule has 0 bridgehead atoms. The van der Waals surface area contributed by atoms with Gasteiger partial charge in [-0.2, -0.15) is 0 Å². The number of hydrogen-bond acceptors (Lipinski definition) is 3. The molecule has 1 aromatic rings. The lowest BCUT2D eigenvalue weighted by Gasteiger charge is -2.14. The molecule has 1 aromatic carbocycles. The molecule has 17 heavy (non-hydrogen) atoms. The summed E-state index contributed by atoms with van der Waals surface area (Å²) in [6.45, 7) is 3.16. The van der Waals surface area contributed by atoms with Crippen molar-refractivity contribution in [2.45, 2.75) is 20.2 Å². The smallest absolute Gasteiger partial charge is 0.462 e. The van der Waals surface area contributed by atoms with Crippen molar-refractivity contribution in [3.05, 3.63) is 29.3 Å². The van der Waals surface area contributed by atoms with Gasteiger partial charge in [-0.25, -0.2) is 4.79 Å². The molecule has 6 heteroatoms. The Labute approximate surface area is 96.1 Å². The van der Waals surface area contributed by atoms with Crippen LogP contribution in [-0.2, 0) is 4.74 Å². The van der Waals surface area contributed by atoms with Gasteiger partial charge in [0.05, 0.1) is 6.61 Å². The van der Waals surface area contributed by atoms with Gasteiger partial charge in [-0.05, 0) is 25.5 Å². The summed E-state index contributed by atoms with van der Waals surface area (Å²) in [5, 5.41) is 0. The molecule has 0 unspecified atom stereocenters. The van der Waals surface area contributed by atoms with Crippen molar-refractivity contribution in [3.63, 3.8) is 0 Å². The van der Waals surface area contributed by atoms with Crippen LogP contribution in [0.4, 0.5) is 13.2 Å². The Morgan fingerprint density at radius 3 is 2.53 bits per heavy atom. The number of ether oxygens (including phenoxy) is 2. The van der Waals surface area contributed by atoms with Crippen LogP contribution in [0.3, 0.4) is 0 Å². The van der Waals surface area contributed by atoms with E-state index in [-0.39, 0.29) is 12.2 Å². The van der Waals surface area contributed by atoms with E-state index in [2.05, 4.69) is 9.47 Å². The summed E-state index contributed by atoms with van der Waals surface area (Å²) in [4.78, 5) is 11.5. The monoisotopic (exact) mass is 248 g/mol. The number of benzene rings is 1. The number of aryl methyl sites for hydroxylation is 1. The molecule has 0 aromatic heterocycles. The number of alkyl halides is 3. The molecule has 3 nitrogen and oxygen atoms in total. The zero-order valence-corrected chi connectivity index (χ0v) is 9.30. The van der Waals surface area contributed by atoms with Crippen molar-refractivity contribution in [1.82, 2.24) is 0 Å². The van der Waals surface area contributed by atoms with Gasteiger partial charge >= 0.3 is 12.3 Å². The zero-order chi connectivity index (χ0) is 13.1. The summed E-state index contributed by atoms with van der Waals surface area (Å²) in [5.74, 6) is -1.37. The molecule has 0 saturated carbocycles. The van der Waals surface area contributed by atoms with E-state index < -0.39 is 18.1 Å². The first-order chi connectivity index (χ1) is 7.85. The molecular weight excluding hydrogens is 237 g/mol. The van der Waals surface area contributed by atoms with Gasteiger partial charge in [0.25, 0.3) is 0 Å². The number of esters is 1. The van der Waals surface area contributed by atoms with Crippen molar-refractivity contribution < 1.29 is 27.4 Å². The van der Waals surface area contributed by atoms with Gasteiger partial charge in [0.15, 0.2) is 0 Å². The number of rotatable bonds is 3. The highest BCUT2D eigenvalue weighted by atomic mass is 19.4. The van der Waals surface area contributed by atoms with E-state index in [9.17, 15) is 18.0 Å². The van der Waals surface area contributed by atoms with Crippen LogP contribution in [0.25, 0.3) is 0 Å². The SMILES string of the molecule is CCOC(=O)c1c(C)cccc1OC(F)(F)F. The van der Waals surface area contributed by atoms with E-state index in [1.165, 1.54) is 19.1 Å². The molecule has 0 spiro atoms. The van der Waals surface area contributed by atoms with Crippen molar-refractivity contribution in [1.29, 1.82) is 0 Å². The Morgan fingerprint density at radius 2 is 2.00 bits per heavy atom. The molecule has 0 aliphatic heterocycles. The van der Waals surface area contributed by atoms with Gasteiger partial charge in [0.1, 0.15) is 11.3 Å². The topological polar surface area (TPSA) is 35.5 Å². The highest BCUT2D eigenvalue weighted by Gasteiger charge is 2.33. The lowest BCUT2D eigenvalue weighted by atomic mass is 10.1. The van der Waals surface area contributed by atoms with Gasteiger partial charge < -0.3 is 9.47 Å². The van der Waals surface area contributed by atoms with E-state index in [1.807, 2.05) is 0 Å². The second-order valence-electron chi connectivity index (χ2n) is 3.22. The third-order valence-electron chi connectivity index (χ3n) is 1.94. The van der Waals surface area contributed by atoms with Crippen LogP contribution in [0.1, 0.15) is 22.8 Å². The molecule has 94 valence electrons. The molecule has 0 amide bonds. The maximum Gasteiger partial charge on any atom is 0.573 e. The molecule has 0 heterocycles. The summed E-state index contributed by atoms with van der Waals surface area (Å²) in [5.41, 5.74) is 0.164. The molecule has 0 aliphatic carbocycles. The van der Waals surface area contributed by atoms with Crippen molar-refractivity contribution in [3.8, 4) is 5.75 Å². The number of hydrogen-bond donors (Lipinski definition) is 0. The average molecular weight is 248 g/mol. The zero-order valence-electron chi connectivity index (χ0n) is 9.30. The Bertz CT molecular complexity index is 413. The summed E-state index contributed by atoms with van der Waals surface area (Å²) in [6.07, 6.45) is -4.84. The van der Waals surface area contributed by atoms with E-state index in [0.717, 1.165) is 6.07 Å². The summed E-state index contributed by atoms with van der Waals surface area (Å²) < 4.78 is 44.8. The first-order valence-corrected chi connectivity index (χ1v) is 4.87. The van der Waals surface area contributed by atoms with Crippen molar-refractivity contribution in [2.75, 3.05) is 6.61 Å². The van der Waals surface area contributed by atoms with Gasteiger partial charge in [-0.15, -0.1) is 13.2 Å². The molecule has 0 saturated heterocycles. The Morgan fingerprint density at radius 1 is 1.35 bits per heavy atom. The normalized spacial score (nSPS) is 11.1. The van der Waals surface area contributed by atoms with Gasteiger partial charge in [-0.3, -0.25) is 0 Å². The van der Waals surface area contributed by atoms with Crippen LogP contribution in [0.15, 0.2) is 18.2 Å². The number of carbonyl (C=O) groups is 1. The third-order valence-corrected chi connectivity index (χ3v) is 1.94. The fourth-order valence-corrected chi connectivity index (χ4v) is 1.32. The molecule has 0 fully saturated rings. The minimum absolute atomic E-state index is 0.0820. The molecular formula is C11H11F3O3. The number of carbonyl (C=O) groups excluding carboxylic acids is 1. The molecule has 0 N–H and O–H groups in total. The third kappa shape index (κ3) is 3.65. The van der Waals surface area contributed by atoms with Crippen molar-refractivity contribution in [2.24, 2.45) is 0 Å². The van der Waals surface area contributed by atoms with Gasteiger partial charge in [-0.1, -0.05) is 12.1 Å². The first kappa shape index (κ1) is 13.3. The lowest BCUT2D eigenvalue weighted by molar-refractivity contribution is -0.274. The van der Waals surface area contributed by atoms with Crippen LogP contribution in [0, 0.1) is 6.92 Å².